The Hall–Kier alpha value is -1.40. The number of nitrogens with two attached hydrogens (primary N) is 1. The molecule has 5 nitrogen and oxygen atoms in total. The average molecular weight is 296 g/mol. The highest BCUT2D eigenvalue weighted by molar-refractivity contribution is 7.89. The molecule has 1 aromatic carbocycles. The van der Waals surface area contributed by atoms with Gasteiger partial charge in [-0.05, 0) is 43.9 Å². The number of piperidine rings is 1. The Labute approximate surface area is 119 Å². The fraction of sp³-hybridized carbons (Fsp3) is 0.500. The molecule has 1 aliphatic heterocycles. The zero-order valence-electron chi connectivity index (χ0n) is 11.7. The minimum atomic E-state index is -3.78. The minimum absolute atomic E-state index is 0.0265. The van der Waals surface area contributed by atoms with E-state index in [1.54, 1.807) is 12.1 Å². The summed E-state index contributed by atoms with van der Waals surface area (Å²) in [6.07, 6.45) is 1.95. The van der Waals surface area contributed by atoms with Gasteiger partial charge in [-0.25, -0.2) is 13.6 Å². The largest absolute Gasteiger partial charge is 0.336 e. The lowest BCUT2D eigenvalue weighted by Gasteiger charge is -2.36. The maximum atomic E-state index is 12.5. The molecule has 2 N–H and O–H groups in total. The zero-order valence-corrected chi connectivity index (χ0v) is 12.6. The van der Waals surface area contributed by atoms with Crippen LogP contribution in [0.15, 0.2) is 29.2 Å². The number of benzene rings is 1. The Morgan fingerprint density at radius 2 is 2.05 bits per heavy atom. The first-order chi connectivity index (χ1) is 9.29. The number of carbonyl (C=O) groups is 1. The summed E-state index contributed by atoms with van der Waals surface area (Å²) in [7, 11) is -3.78. The fourth-order valence-electron chi connectivity index (χ4n) is 2.68. The lowest BCUT2D eigenvalue weighted by atomic mass is 9.93. The summed E-state index contributed by atoms with van der Waals surface area (Å²) < 4.78 is 22.7. The van der Waals surface area contributed by atoms with Crippen LogP contribution in [-0.4, -0.2) is 31.8 Å². The van der Waals surface area contributed by atoms with Crippen LogP contribution in [0, 0.1) is 5.92 Å². The molecule has 1 fully saturated rings. The van der Waals surface area contributed by atoms with Crippen LogP contribution in [0.5, 0.6) is 0 Å². The van der Waals surface area contributed by atoms with Crippen molar-refractivity contribution in [3.05, 3.63) is 29.8 Å². The summed E-state index contributed by atoms with van der Waals surface area (Å²) in [5.74, 6) is 0.486. The predicted molar refractivity (Wildman–Crippen MR) is 76.7 cm³/mol. The van der Waals surface area contributed by atoms with E-state index in [9.17, 15) is 13.2 Å². The van der Waals surface area contributed by atoms with E-state index in [2.05, 4.69) is 6.92 Å². The van der Waals surface area contributed by atoms with Crippen molar-refractivity contribution in [1.82, 2.24) is 4.90 Å². The molecule has 2 unspecified atom stereocenters. The van der Waals surface area contributed by atoms with Gasteiger partial charge in [0.15, 0.2) is 0 Å². The Balaban J connectivity index is 2.26. The van der Waals surface area contributed by atoms with Gasteiger partial charge in [-0.1, -0.05) is 13.0 Å². The first-order valence-corrected chi connectivity index (χ1v) is 8.27. The van der Waals surface area contributed by atoms with E-state index >= 15 is 0 Å². The third kappa shape index (κ3) is 3.19. The minimum Gasteiger partial charge on any atom is -0.336 e. The molecular formula is C14H20N2O3S. The Morgan fingerprint density at radius 1 is 1.35 bits per heavy atom. The van der Waals surface area contributed by atoms with Gasteiger partial charge in [0.05, 0.1) is 4.90 Å². The van der Waals surface area contributed by atoms with Crippen LogP contribution in [0.2, 0.25) is 0 Å². The normalized spacial score (nSPS) is 23.6. The second-order valence-electron chi connectivity index (χ2n) is 5.55. The van der Waals surface area contributed by atoms with Gasteiger partial charge < -0.3 is 4.90 Å². The van der Waals surface area contributed by atoms with Crippen molar-refractivity contribution in [2.24, 2.45) is 11.1 Å². The molecule has 0 spiro atoms. The van der Waals surface area contributed by atoms with E-state index in [1.807, 2.05) is 11.8 Å². The summed E-state index contributed by atoms with van der Waals surface area (Å²) in [6, 6.07) is 6.09. The van der Waals surface area contributed by atoms with Crippen LogP contribution in [0.3, 0.4) is 0 Å². The Morgan fingerprint density at radius 3 is 2.65 bits per heavy atom. The van der Waals surface area contributed by atoms with Gasteiger partial charge in [-0.15, -0.1) is 0 Å². The van der Waals surface area contributed by atoms with Crippen LogP contribution in [0.4, 0.5) is 0 Å². The summed E-state index contributed by atoms with van der Waals surface area (Å²) in [4.78, 5) is 14.3. The Bertz CT molecular complexity index is 613. The monoisotopic (exact) mass is 296 g/mol. The molecule has 110 valence electrons. The molecule has 0 aromatic heterocycles. The van der Waals surface area contributed by atoms with Crippen molar-refractivity contribution in [1.29, 1.82) is 0 Å². The molecule has 0 radical (unpaired) electrons. The first-order valence-electron chi connectivity index (χ1n) is 6.73. The van der Waals surface area contributed by atoms with Gasteiger partial charge in [0.2, 0.25) is 10.0 Å². The number of nitrogens with zero attached hydrogens (tertiary/aromatic N) is 1. The van der Waals surface area contributed by atoms with Gasteiger partial charge >= 0.3 is 0 Å². The molecule has 2 rings (SSSR count). The highest BCUT2D eigenvalue weighted by atomic mass is 32.2. The number of likely N-dealkylation sites (tertiary alicyclic amines) is 1. The van der Waals surface area contributed by atoms with Crippen LogP contribution in [0.25, 0.3) is 0 Å². The van der Waals surface area contributed by atoms with Gasteiger partial charge in [0.1, 0.15) is 0 Å². The maximum Gasteiger partial charge on any atom is 0.254 e. The summed E-state index contributed by atoms with van der Waals surface area (Å²) in [5.41, 5.74) is 0.373. The predicted octanol–water partition coefficient (Wildman–Crippen LogP) is 1.59. The molecule has 1 amide bonds. The smallest absolute Gasteiger partial charge is 0.254 e. The summed E-state index contributed by atoms with van der Waals surface area (Å²) in [5, 5.41) is 5.10. The fourth-order valence-corrected chi connectivity index (χ4v) is 3.24. The van der Waals surface area contributed by atoms with Crippen molar-refractivity contribution in [3.63, 3.8) is 0 Å². The number of primary sulfonamides is 1. The van der Waals surface area contributed by atoms with E-state index in [0.717, 1.165) is 12.8 Å². The molecule has 0 saturated carbocycles. The van der Waals surface area contributed by atoms with E-state index in [0.29, 0.717) is 18.0 Å². The van der Waals surface area contributed by atoms with Gasteiger partial charge in [0, 0.05) is 18.2 Å². The van der Waals surface area contributed by atoms with Crippen molar-refractivity contribution in [3.8, 4) is 0 Å². The lowest BCUT2D eigenvalue weighted by molar-refractivity contribution is 0.0588. The second kappa shape index (κ2) is 5.54. The quantitative estimate of drug-likeness (QED) is 0.900. The maximum absolute atomic E-state index is 12.5. The zero-order chi connectivity index (χ0) is 14.9. The van der Waals surface area contributed by atoms with E-state index in [4.69, 9.17) is 5.14 Å². The number of rotatable bonds is 2. The molecule has 20 heavy (non-hydrogen) atoms. The third-order valence-corrected chi connectivity index (χ3v) is 4.72. The van der Waals surface area contributed by atoms with Crippen molar-refractivity contribution >= 4 is 15.9 Å². The van der Waals surface area contributed by atoms with Crippen LogP contribution in [0.1, 0.15) is 37.0 Å². The molecule has 6 heteroatoms. The molecule has 1 saturated heterocycles. The SMILES string of the molecule is CC1CCN(C(=O)c2cccc(S(N)(=O)=O)c2)C(C)C1. The van der Waals surface area contributed by atoms with E-state index in [1.165, 1.54) is 12.1 Å². The van der Waals surface area contributed by atoms with Gasteiger partial charge in [-0.3, -0.25) is 4.79 Å². The molecule has 1 heterocycles. The summed E-state index contributed by atoms with van der Waals surface area (Å²) in [6.45, 7) is 4.91. The van der Waals surface area contributed by atoms with Crippen molar-refractivity contribution < 1.29 is 13.2 Å². The first kappa shape index (κ1) is 15.0. The summed E-state index contributed by atoms with van der Waals surface area (Å²) >= 11 is 0. The van der Waals surface area contributed by atoms with Crippen LogP contribution >= 0.6 is 0 Å². The average Bonchev–Trinajstić information content (AvgIpc) is 2.37. The number of sulfonamides is 1. The third-order valence-electron chi connectivity index (χ3n) is 3.81. The molecular weight excluding hydrogens is 276 g/mol. The Kier molecular flexibility index (Phi) is 4.15. The van der Waals surface area contributed by atoms with Crippen LogP contribution < -0.4 is 5.14 Å². The number of hydrogen-bond donors (Lipinski definition) is 1. The number of hydrogen-bond acceptors (Lipinski definition) is 3. The number of amides is 1. The lowest BCUT2D eigenvalue weighted by Crippen LogP contribution is -2.44. The molecule has 0 bridgehead atoms. The van der Waals surface area contributed by atoms with Crippen molar-refractivity contribution in [2.45, 2.75) is 37.6 Å². The number of carbonyl (C=O) groups excluding carboxylic acids is 1. The second-order valence-corrected chi connectivity index (χ2v) is 7.11. The van der Waals surface area contributed by atoms with Gasteiger partial charge in [-0.2, -0.15) is 0 Å². The molecule has 0 aliphatic carbocycles. The standard InChI is InChI=1S/C14H20N2O3S/c1-10-6-7-16(11(2)8-10)14(17)12-4-3-5-13(9-12)20(15,18)19/h3-5,9-11H,6-8H2,1-2H3,(H2,15,18,19). The van der Waals surface area contributed by atoms with E-state index < -0.39 is 10.0 Å². The topological polar surface area (TPSA) is 80.5 Å². The highest BCUT2D eigenvalue weighted by Gasteiger charge is 2.27. The van der Waals surface area contributed by atoms with Crippen molar-refractivity contribution in [2.75, 3.05) is 6.54 Å². The van der Waals surface area contributed by atoms with Crippen LogP contribution in [-0.2, 0) is 10.0 Å². The van der Waals surface area contributed by atoms with Gasteiger partial charge in [0.25, 0.3) is 5.91 Å². The highest BCUT2D eigenvalue weighted by Crippen LogP contribution is 2.24. The molecule has 2 atom stereocenters. The molecule has 1 aliphatic rings. The van der Waals surface area contributed by atoms with E-state index in [-0.39, 0.29) is 16.8 Å². The molecule has 1 aromatic rings.